The Morgan fingerprint density at radius 3 is 2.72 bits per heavy atom. The molecule has 0 saturated carbocycles. The molecule has 1 aliphatic rings. The lowest BCUT2D eigenvalue weighted by atomic mass is 10.0. The summed E-state index contributed by atoms with van der Waals surface area (Å²) in [6.45, 7) is 3.75. The number of carbonyl (C=O) groups excluding carboxylic acids is 2. The van der Waals surface area contributed by atoms with Crippen LogP contribution in [0.5, 0.6) is 0 Å². The Balaban J connectivity index is 1.79. The number of nitrogens with zero attached hydrogens (tertiary/aromatic N) is 3. The average Bonchev–Trinajstić information content (AvgIpc) is 2.66. The number of methoxy groups -OCH3 is 1. The zero-order valence-electron chi connectivity index (χ0n) is 15.3. The van der Waals surface area contributed by atoms with Crippen LogP contribution in [0.3, 0.4) is 0 Å². The van der Waals surface area contributed by atoms with Crippen molar-refractivity contribution >= 4 is 11.9 Å². The second kappa shape index (κ2) is 9.36. The van der Waals surface area contributed by atoms with Crippen molar-refractivity contribution in [3.63, 3.8) is 0 Å². The first kappa shape index (κ1) is 19.2. The van der Waals surface area contributed by atoms with Crippen LogP contribution in [0.15, 0.2) is 24.4 Å². The molecule has 0 aliphatic carbocycles. The number of amides is 3. The molecule has 0 spiro atoms. The van der Waals surface area contributed by atoms with E-state index in [0.717, 1.165) is 18.5 Å². The standard InChI is InChI=1S/C18H28N4O3/c1-14(16-6-4-5-10-19-16)21(2)18(24)20-15-7-11-22(12-8-15)17(23)9-13-25-3/h4-6,10,14-15H,7-9,11-13H2,1-3H3,(H,20,24). The molecular weight excluding hydrogens is 320 g/mol. The minimum absolute atomic E-state index is 0.0948. The van der Waals surface area contributed by atoms with Crippen molar-refractivity contribution in [2.75, 3.05) is 33.9 Å². The van der Waals surface area contributed by atoms with Gasteiger partial charge in [-0.25, -0.2) is 4.79 Å². The molecule has 1 atom stereocenters. The Labute approximate surface area is 149 Å². The average molecular weight is 348 g/mol. The van der Waals surface area contributed by atoms with Gasteiger partial charge >= 0.3 is 6.03 Å². The third-order valence-corrected chi connectivity index (χ3v) is 4.71. The van der Waals surface area contributed by atoms with Crippen molar-refractivity contribution in [3.8, 4) is 0 Å². The first-order valence-corrected chi connectivity index (χ1v) is 8.74. The number of hydrogen-bond acceptors (Lipinski definition) is 4. The highest BCUT2D eigenvalue weighted by atomic mass is 16.5. The van der Waals surface area contributed by atoms with Crippen LogP contribution in [0.1, 0.15) is 37.9 Å². The van der Waals surface area contributed by atoms with Crippen LogP contribution in [0, 0.1) is 0 Å². The quantitative estimate of drug-likeness (QED) is 0.851. The van der Waals surface area contributed by atoms with Gasteiger partial charge in [0.25, 0.3) is 0 Å². The van der Waals surface area contributed by atoms with Crippen LogP contribution in [0.25, 0.3) is 0 Å². The molecule has 3 amide bonds. The molecule has 0 bridgehead atoms. The Kier molecular flexibility index (Phi) is 7.18. The monoisotopic (exact) mass is 348 g/mol. The number of carbonyl (C=O) groups is 2. The number of rotatable bonds is 6. The van der Waals surface area contributed by atoms with E-state index in [9.17, 15) is 9.59 Å². The fraction of sp³-hybridized carbons (Fsp3) is 0.611. The minimum Gasteiger partial charge on any atom is -0.384 e. The number of pyridine rings is 1. The molecule has 2 rings (SSSR count). The van der Waals surface area contributed by atoms with Gasteiger partial charge in [-0.3, -0.25) is 9.78 Å². The molecule has 0 radical (unpaired) electrons. The van der Waals surface area contributed by atoms with Gasteiger partial charge in [-0.1, -0.05) is 6.07 Å². The van der Waals surface area contributed by atoms with Crippen molar-refractivity contribution < 1.29 is 14.3 Å². The number of piperidine rings is 1. The molecule has 7 heteroatoms. The molecule has 1 N–H and O–H groups in total. The fourth-order valence-corrected chi connectivity index (χ4v) is 2.89. The van der Waals surface area contributed by atoms with Gasteiger partial charge in [-0.2, -0.15) is 0 Å². The summed E-state index contributed by atoms with van der Waals surface area (Å²) in [5.41, 5.74) is 0.860. The lowest BCUT2D eigenvalue weighted by Crippen LogP contribution is -2.50. The number of hydrogen-bond donors (Lipinski definition) is 1. The Morgan fingerprint density at radius 1 is 1.40 bits per heavy atom. The first-order chi connectivity index (χ1) is 12.0. The van der Waals surface area contributed by atoms with Crippen molar-refractivity contribution in [1.82, 2.24) is 20.1 Å². The van der Waals surface area contributed by atoms with Crippen LogP contribution in [-0.2, 0) is 9.53 Å². The smallest absolute Gasteiger partial charge is 0.317 e. The van der Waals surface area contributed by atoms with Crippen molar-refractivity contribution in [2.24, 2.45) is 0 Å². The summed E-state index contributed by atoms with van der Waals surface area (Å²) < 4.78 is 4.95. The normalized spacial score (nSPS) is 16.4. The van der Waals surface area contributed by atoms with Crippen LogP contribution in [-0.4, -0.2) is 66.6 Å². The van der Waals surface area contributed by atoms with Gasteiger partial charge in [-0.05, 0) is 31.9 Å². The van der Waals surface area contributed by atoms with E-state index >= 15 is 0 Å². The largest absolute Gasteiger partial charge is 0.384 e. The third kappa shape index (κ3) is 5.42. The van der Waals surface area contributed by atoms with E-state index in [-0.39, 0.29) is 24.0 Å². The van der Waals surface area contributed by atoms with E-state index < -0.39 is 0 Å². The molecule has 0 aromatic carbocycles. The van der Waals surface area contributed by atoms with Crippen LogP contribution < -0.4 is 5.32 Å². The maximum absolute atomic E-state index is 12.5. The molecule has 1 unspecified atom stereocenters. The number of likely N-dealkylation sites (tertiary alicyclic amines) is 1. The SMILES string of the molecule is COCCC(=O)N1CCC(NC(=O)N(C)C(C)c2ccccn2)CC1. The third-order valence-electron chi connectivity index (χ3n) is 4.71. The molecule has 1 fully saturated rings. The second-order valence-electron chi connectivity index (χ2n) is 6.39. The molecule has 2 heterocycles. The van der Waals surface area contributed by atoms with Gasteiger partial charge in [-0.15, -0.1) is 0 Å². The molecule has 138 valence electrons. The van der Waals surface area contributed by atoms with Crippen LogP contribution in [0.4, 0.5) is 4.79 Å². The second-order valence-corrected chi connectivity index (χ2v) is 6.39. The summed E-state index contributed by atoms with van der Waals surface area (Å²) in [6.07, 6.45) is 3.69. The highest BCUT2D eigenvalue weighted by Crippen LogP contribution is 2.17. The van der Waals surface area contributed by atoms with Crippen LogP contribution >= 0.6 is 0 Å². The lowest BCUT2D eigenvalue weighted by Gasteiger charge is -2.34. The maximum Gasteiger partial charge on any atom is 0.317 e. The van der Waals surface area contributed by atoms with Crippen molar-refractivity contribution in [3.05, 3.63) is 30.1 Å². The number of aromatic nitrogens is 1. The summed E-state index contributed by atoms with van der Waals surface area (Å²) in [5.74, 6) is 0.118. The topological polar surface area (TPSA) is 74.8 Å². The molecule has 1 saturated heterocycles. The van der Waals surface area contributed by atoms with Crippen LogP contribution in [0.2, 0.25) is 0 Å². The summed E-state index contributed by atoms with van der Waals surface area (Å²) in [4.78, 5) is 32.3. The minimum atomic E-state index is -0.109. The van der Waals surface area contributed by atoms with E-state index in [1.54, 1.807) is 25.3 Å². The molecule has 1 aromatic rings. The van der Waals surface area contributed by atoms with E-state index in [4.69, 9.17) is 4.74 Å². The highest BCUT2D eigenvalue weighted by Gasteiger charge is 2.26. The lowest BCUT2D eigenvalue weighted by molar-refractivity contribution is -0.133. The van der Waals surface area contributed by atoms with Crippen molar-refractivity contribution in [2.45, 2.75) is 38.3 Å². The summed E-state index contributed by atoms with van der Waals surface area (Å²) in [6, 6.07) is 5.58. The predicted octanol–water partition coefficient (Wildman–Crippen LogP) is 1.81. The summed E-state index contributed by atoms with van der Waals surface area (Å²) in [7, 11) is 3.37. The zero-order valence-corrected chi connectivity index (χ0v) is 15.3. The molecule has 7 nitrogen and oxygen atoms in total. The summed E-state index contributed by atoms with van der Waals surface area (Å²) in [5, 5.41) is 3.07. The number of nitrogens with one attached hydrogen (secondary N) is 1. The van der Waals surface area contributed by atoms with Crippen molar-refractivity contribution in [1.29, 1.82) is 0 Å². The summed E-state index contributed by atoms with van der Waals surface area (Å²) >= 11 is 0. The van der Waals surface area contributed by atoms with Gasteiger partial charge in [0.15, 0.2) is 0 Å². The first-order valence-electron chi connectivity index (χ1n) is 8.74. The molecule has 1 aliphatic heterocycles. The molecule has 1 aromatic heterocycles. The Bertz CT molecular complexity index is 559. The number of urea groups is 1. The highest BCUT2D eigenvalue weighted by molar-refractivity contribution is 5.77. The van der Waals surface area contributed by atoms with Gasteiger partial charge < -0.3 is 19.9 Å². The Morgan fingerprint density at radius 2 is 2.12 bits per heavy atom. The fourth-order valence-electron chi connectivity index (χ4n) is 2.89. The van der Waals surface area contributed by atoms with Gasteiger partial charge in [0.1, 0.15) is 0 Å². The van der Waals surface area contributed by atoms with Gasteiger partial charge in [0.2, 0.25) is 5.91 Å². The zero-order chi connectivity index (χ0) is 18.2. The van der Waals surface area contributed by atoms with Gasteiger partial charge in [0, 0.05) is 39.5 Å². The van der Waals surface area contributed by atoms with E-state index in [2.05, 4.69) is 10.3 Å². The van der Waals surface area contributed by atoms with E-state index in [1.165, 1.54) is 0 Å². The van der Waals surface area contributed by atoms with E-state index in [0.29, 0.717) is 26.1 Å². The molecule has 25 heavy (non-hydrogen) atoms. The predicted molar refractivity (Wildman–Crippen MR) is 95.0 cm³/mol. The molecular formula is C18H28N4O3. The Hall–Kier alpha value is -2.15. The van der Waals surface area contributed by atoms with E-state index in [1.807, 2.05) is 30.0 Å². The van der Waals surface area contributed by atoms with Gasteiger partial charge in [0.05, 0.1) is 24.8 Å². The maximum atomic E-state index is 12.5. The number of ether oxygens (including phenoxy) is 1.